The van der Waals surface area contributed by atoms with Crippen molar-refractivity contribution in [1.82, 2.24) is 20.2 Å². The van der Waals surface area contributed by atoms with Gasteiger partial charge in [0.2, 0.25) is 5.91 Å². The van der Waals surface area contributed by atoms with E-state index in [0.29, 0.717) is 12.3 Å². The SMILES string of the molecule is CC#CCOc1ccc(S(=O)(=O)CC2(C(=O)NO)CCN(C(=O)CN3CCN(C)CC3)CC2)cc1. The van der Waals surface area contributed by atoms with Crippen molar-refractivity contribution in [2.45, 2.75) is 24.7 Å². The maximum absolute atomic E-state index is 13.2. The third kappa shape index (κ3) is 6.95. The van der Waals surface area contributed by atoms with Gasteiger partial charge < -0.3 is 14.5 Å². The number of carbonyl (C=O) groups is 2. The normalized spacial score (nSPS) is 18.9. The van der Waals surface area contributed by atoms with Gasteiger partial charge in [-0.2, -0.15) is 0 Å². The van der Waals surface area contributed by atoms with Crippen molar-refractivity contribution < 1.29 is 28.0 Å². The van der Waals surface area contributed by atoms with Crippen LogP contribution < -0.4 is 10.2 Å². The van der Waals surface area contributed by atoms with E-state index in [0.717, 1.165) is 26.2 Å². The van der Waals surface area contributed by atoms with Crippen LogP contribution in [0.5, 0.6) is 5.75 Å². The predicted molar refractivity (Wildman–Crippen MR) is 130 cm³/mol. The number of hydrogen-bond donors (Lipinski definition) is 2. The summed E-state index contributed by atoms with van der Waals surface area (Å²) in [4.78, 5) is 31.5. The van der Waals surface area contributed by atoms with E-state index in [1.165, 1.54) is 12.1 Å². The van der Waals surface area contributed by atoms with Gasteiger partial charge in [0.25, 0.3) is 5.91 Å². The van der Waals surface area contributed by atoms with Crippen LogP contribution >= 0.6 is 0 Å². The Morgan fingerprint density at radius 2 is 1.71 bits per heavy atom. The molecule has 0 aromatic heterocycles. The maximum Gasteiger partial charge on any atom is 0.250 e. The van der Waals surface area contributed by atoms with Crippen molar-refractivity contribution in [3.05, 3.63) is 24.3 Å². The minimum atomic E-state index is -3.85. The highest BCUT2D eigenvalue weighted by Crippen LogP contribution is 2.35. The summed E-state index contributed by atoms with van der Waals surface area (Å²) in [5.41, 5.74) is 0.319. The quantitative estimate of drug-likeness (QED) is 0.292. The molecule has 1 aromatic rings. The molecule has 0 spiro atoms. The largest absolute Gasteiger partial charge is 0.481 e. The van der Waals surface area contributed by atoms with Gasteiger partial charge in [0, 0.05) is 39.3 Å². The molecule has 2 aliphatic heterocycles. The fourth-order valence-corrected chi connectivity index (χ4v) is 6.28. The number of sulfone groups is 1. The summed E-state index contributed by atoms with van der Waals surface area (Å²) in [7, 11) is -1.80. The van der Waals surface area contributed by atoms with E-state index in [1.807, 2.05) is 0 Å². The molecule has 0 unspecified atom stereocenters. The summed E-state index contributed by atoms with van der Waals surface area (Å²) >= 11 is 0. The van der Waals surface area contributed by atoms with E-state index in [2.05, 4.69) is 28.7 Å². The van der Waals surface area contributed by atoms with Gasteiger partial charge in [-0.1, -0.05) is 5.92 Å². The third-order valence-electron chi connectivity index (χ3n) is 6.75. The summed E-state index contributed by atoms with van der Waals surface area (Å²) in [5.74, 6) is 4.73. The number of rotatable bonds is 8. The molecule has 3 rings (SSSR count). The number of benzene rings is 1. The Kier molecular flexibility index (Phi) is 9.13. The molecule has 35 heavy (non-hydrogen) atoms. The second-order valence-electron chi connectivity index (χ2n) is 9.13. The van der Waals surface area contributed by atoms with Gasteiger partial charge in [-0.05, 0) is 51.1 Å². The summed E-state index contributed by atoms with van der Waals surface area (Å²) in [5, 5.41) is 9.36. The Morgan fingerprint density at radius 1 is 1.09 bits per heavy atom. The van der Waals surface area contributed by atoms with Crippen LogP contribution in [0.4, 0.5) is 0 Å². The van der Waals surface area contributed by atoms with Crippen molar-refractivity contribution in [3.63, 3.8) is 0 Å². The van der Waals surface area contributed by atoms with Gasteiger partial charge in [-0.15, -0.1) is 5.92 Å². The number of hydroxylamine groups is 1. The summed E-state index contributed by atoms with van der Waals surface area (Å²) < 4.78 is 31.8. The molecular formula is C24H34N4O6S. The van der Waals surface area contributed by atoms with Gasteiger partial charge in [0.1, 0.15) is 12.4 Å². The van der Waals surface area contributed by atoms with Gasteiger partial charge in [-0.25, -0.2) is 13.9 Å². The lowest BCUT2D eigenvalue weighted by molar-refractivity contribution is -0.145. The van der Waals surface area contributed by atoms with E-state index in [4.69, 9.17) is 4.74 Å². The Hall–Kier alpha value is -2.65. The molecule has 11 heteroatoms. The van der Waals surface area contributed by atoms with Crippen LogP contribution in [0.3, 0.4) is 0 Å². The minimum absolute atomic E-state index is 0.0289. The number of piperazine rings is 1. The highest BCUT2D eigenvalue weighted by molar-refractivity contribution is 7.91. The minimum Gasteiger partial charge on any atom is -0.481 e. The monoisotopic (exact) mass is 506 g/mol. The zero-order valence-electron chi connectivity index (χ0n) is 20.3. The first kappa shape index (κ1) is 26.9. The second kappa shape index (κ2) is 11.9. The number of piperidine rings is 1. The average Bonchev–Trinajstić information content (AvgIpc) is 2.85. The Labute approximate surface area is 207 Å². The first-order valence-corrected chi connectivity index (χ1v) is 13.3. The molecule has 2 heterocycles. The fraction of sp³-hybridized carbons (Fsp3) is 0.583. The number of nitrogens with one attached hydrogen (secondary N) is 1. The van der Waals surface area contributed by atoms with E-state index >= 15 is 0 Å². The average molecular weight is 507 g/mol. The Morgan fingerprint density at radius 3 is 2.29 bits per heavy atom. The Balaban J connectivity index is 1.65. The molecule has 1 aromatic carbocycles. The van der Waals surface area contributed by atoms with Gasteiger partial charge >= 0.3 is 0 Å². The predicted octanol–water partition coefficient (Wildman–Crippen LogP) is 0.224. The second-order valence-corrected chi connectivity index (χ2v) is 11.1. The smallest absolute Gasteiger partial charge is 0.250 e. The highest BCUT2D eigenvalue weighted by Gasteiger charge is 2.46. The summed E-state index contributed by atoms with van der Waals surface area (Å²) in [6.45, 7) is 6.17. The molecule has 2 amide bonds. The molecule has 2 N–H and O–H groups in total. The van der Waals surface area contributed by atoms with Crippen molar-refractivity contribution in [2.24, 2.45) is 5.41 Å². The van der Waals surface area contributed by atoms with Crippen molar-refractivity contribution in [3.8, 4) is 17.6 Å². The van der Waals surface area contributed by atoms with Gasteiger partial charge in [0.05, 0.1) is 22.6 Å². The zero-order valence-corrected chi connectivity index (χ0v) is 21.1. The number of amides is 2. The van der Waals surface area contributed by atoms with Crippen LogP contribution in [-0.2, 0) is 19.4 Å². The first-order chi connectivity index (χ1) is 16.7. The third-order valence-corrected chi connectivity index (χ3v) is 8.67. The first-order valence-electron chi connectivity index (χ1n) is 11.7. The fourth-order valence-electron chi connectivity index (χ4n) is 4.42. The Bertz CT molecular complexity index is 1050. The van der Waals surface area contributed by atoms with Crippen LogP contribution in [0.15, 0.2) is 29.2 Å². The topological polar surface area (TPSA) is 119 Å². The van der Waals surface area contributed by atoms with Crippen molar-refractivity contribution in [1.29, 1.82) is 0 Å². The molecule has 2 fully saturated rings. The lowest BCUT2D eigenvalue weighted by Crippen LogP contribution is -2.54. The van der Waals surface area contributed by atoms with E-state index in [1.54, 1.807) is 29.4 Å². The van der Waals surface area contributed by atoms with E-state index in [9.17, 15) is 23.2 Å². The number of carbonyl (C=O) groups excluding carboxylic acids is 2. The van der Waals surface area contributed by atoms with Crippen molar-refractivity contribution in [2.75, 3.05) is 65.2 Å². The summed E-state index contributed by atoms with van der Waals surface area (Å²) in [6.07, 6.45) is 0.286. The molecule has 0 bridgehead atoms. The maximum atomic E-state index is 13.2. The van der Waals surface area contributed by atoms with Crippen LogP contribution in [0.1, 0.15) is 19.8 Å². The number of likely N-dealkylation sites (tertiary alicyclic amines) is 1. The van der Waals surface area contributed by atoms with Crippen LogP contribution in [0.2, 0.25) is 0 Å². The van der Waals surface area contributed by atoms with Crippen LogP contribution in [-0.4, -0.2) is 105 Å². The lowest BCUT2D eigenvalue weighted by Gasteiger charge is -2.40. The van der Waals surface area contributed by atoms with Gasteiger partial charge in [-0.3, -0.25) is 19.7 Å². The number of likely N-dealkylation sites (N-methyl/N-ethyl adjacent to an activating group) is 1. The molecule has 2 saturated heterocycles. The molecule has 0 atom stereocenters. The molecule has 0 radical (unpaired) electrons. The molecule has 10 nitrogen and oxygen atoms in total. The molecule has 0 aliphatic carbocycles. The zero-order chi connectivity index (χ0) is 25.5. The van der Waals surface area contributed by atoms with Gasteiger partial charge in [0.15, 0.2) is 9.84 Å². The lowest BCUT2D eigenvalue weighted by atomic mass is 9.79. The number of ether oxygens (including phenoxy) is 1. The summed E-state index contributed by atoms with van der Waals surface area (Å²) in [6, 6.07) is 5.96. The van der Waals surface area contributed by atoms with E-state index < -0.39 is 26.9 Å². The molecule has 192 valence electrons. The molecular weight excluding hydrogens is 472 g/mol. The molecule has 2 aliphatic rings. The van der Waals surface area contributed by atoms with Crippen LogP contribution in [0, 0.1) is 17.3 Å². The molecule has 0 saturated carbocycles. The number of nitrogens with zero attached hydrogens (tertiary/aromatic N) is 3. The van der Waals surface area contributed by atoms with E-state index in [-0.39, 0.29) is 43.3 Å². The number of hydrogen-bond acceptors (Lipinski definition) is 8. The van der Waals surface area contributed by atoms with Crippen LogP contribution in [0.25, 0.3) is 0 Å². The standard InChI is InChI=1S/C24H34N4O6S/c1-3-4-17-34-20-5-7-21(8-6-20)35(32,33)19-24(23(30)25-31)9-11-28(12-10-24)22(29)18-27-15-13-26(2)14-16-27/h5-8,31H,9-19H2,1-2H3,(H,25,30). The van der Waals surface area contributed by atoms with Crippen molar-refractivity contribution >= 4 is 21.7 Å². The highest BCUT2D eigenvalue weighted by atomic mass is 32.2.